The molecule has 4 aliphatic carbocycles. The number of amides is 2. The van der Waals surface area contributed by atoms with Gasteiger partial charge in [-0.3, -0.25) is 19.4 Å². The largest absolute Gasteiger partial charge is 0.504 e. The maximum absolute atomic E-state index is 13.8. The highest BCUT2D eigenvalue weighted by molar-refractivity contribution is 6.13. The Morgan fingerprint density at radius 3 is 2.66 bits per heavy atom. The van der Waals surface area contributed by atoms with Gasteiger partial charge in [-0.1, -0.05) is 31.4 Å². The molecule has 1 aromatic carbocycles. The smallest absolute Gasteiger partial charge is 0.256 e. The van der Waals surface area contributed by atoms with Crippen LogP contribution in [0.1, 0.15) is 81.8 Å². The zero-order valence-corrected chi connectivity index (χ0v) is 22.0. The van der Waals surface area contributed by atoms with Gasteiger partial charge in [-0.05, 0) is 81.4 Å². The van der Waals surface area contributed by atoms with Crippen molar-refractivity contribution in [1.82, 2.24) is 9.80 Å². The molecule has 3 heterocycles. The highest BCUT2D eigenvalue weighted by Crippen LogP contribution is 2.66. The van der Waals surface area contributed by atoms with Gasteiger partial charge in [0.25, 0.3) is 5.91 Å². The molecule has 2 saturated heterocycles. The maximum atomic E-state index is 13.8. The molecule has 7 nitrogen and oxygen atoms in total. The van der Waals surface area contributed by atoms with Gasteiger partial charge < -0.3 is 14.9 Å². The zero-order valence-electron chi connectivity index (χ0n) is 22.0. The van der Waals surface area contributed by atoms with Crippen LogP contribution in [-0.2, 0) is 21.4 Å². The van der Waals surface area contributed by atoms with Crippen molar-refractivity contribution >= 4 is 11.8 Å². The van der Waals surface area contributed by atoms with Crippen LogP contribution < -0.4 is 4.74 Å². The molecule has 0 unspecified atom stereocenters. The minimum atomic E-state index is -1.01. The summed E-state index contributed by atoms with van der Waals surface area (Å²) >= 11 is 0. The number of nitrogens with zero attached hydrogens (tertiary/aromatic N) is 2. The molecule has 1 spiro atoms. The molecule has 2 bridgehead atoms. The Hall–Kier alpha value is -2.38. The number of phenols is 1. The summed E-state index contributed by atoms with van der Waals surface area (Å²) in [5.74, 6) is 1.34. The molecule has 2 amide bonds. The number of carbonyl (C=O) groups is 2. The molecule has 8 rings (SSSR count). The lowest BCUT2D eigenvalue weighted by atomic mass is 9.48. The monoisotopic (exact) mass is 518 g/mol. The number of ether oxygens (including phenoxy) is 1. The summed E-state index contributed by atoms with van der Waals surface area (Å²) in [7, 11) is 0. The number of rotatable bonds is 4. The third kappa shape index (κ3) is 3.03. The van der Waals surface area contributed by atoms with Crippen molar-refractivity contribution < 1.29 is 24.5 Å². The number of likely N-dealkylation sites (tertiary alicyclic amines) is 2. The summed E-state index contributed by atoms with van der Waals surface area (Å²) in [5, 5.41) is 23.5. The van der Waals surface area contributed by atoms with Crippen LogP contribution in [0.25, 0.3) is 0 Å². The molecule has 3 aliphatic heterocycles. The van der Waals surface area contributed by atoms with Gasteiger partial charge in [-0.25, -0.2) is 0 Å². The van der Waals surface area contributed by atoms with E-state index >= 15 is 0 Å². The molecule has 0 aromatic heterocycles. The van der Waals surface area contributed by atoms with Crippen molar-refractivity contribution in [2.75, 3.05) is 13.1 Å². The standard InChI is InChI=1S/C31H38N2O5/c34-23-9-8-20-15-24-31(37)11-10-22(33-25(35)16-21(29(33)36)14-18-4-2-1-3-5-18)28-30(31,26(20)27(23)38-28)12-13-32(24)17-19-6-7-19/h8-9,14,18-19,22,24,28,34,37H,1-7,10-13,15-17H2/b21-14+/t22-,24-,28+,30+,31-/m1/s1. The molecule has 1 aromatic rings. The Kier molecular flexibility index (Phi) is 4.99. The summed E-state index contributed by atoms with van der Waals surface area (Å²) in [6, 6.07) is 3.24. The summed E-state index contributed by atoms with van der Waals surface area (Å²) in [6.45, 7) is 1.88. The molecule has 7 heteroatoms. The highest BCUT2D eigenvalue weighted by Gasteiger charge is 2.74. The quantitative estimate of drug-likeness (QED) is 0.468. The number of piperidine rings is 1. The topological polar surface area (TPSA) is 90.3 Å². The fourth-order valence-corrected chi connectivity index (χ4v) is 9.36. The van der Waals surface area contributed by atoms with Crippen molar-refractivity contribution in [3.8, 4) is 11.5 Å². The summed E-state index contributed by atoms with van der Waals surface area (Å²) in [6.07, 6.45) is 12.5. The Bertz CT molecular complexity index is 1250. The summed E-state index contributed by atoms with van der Waals surface area (Å²) in [5.41, 5.74) is 0.973. The van der Waals surface area contributed by atoms with Crippen molar-refractivity contribution in [3.63, 3.8) is 0 Å². The molecular weight excluding hydrogens is 480 g/mol. The van der Waals surface area contributed by atoms with E-state index in [1.807, 2.05) is 6.07 Å². The molecule has 5 atom stereocenters. The van der Waals surface area contributed by atoms with E-state index in [1.54, 1.807) is 6.07 Å². The van der Waals surface area contributed by atoms with Crippen LogP contribution in [0.15, 0.2) is 23.8 Å². The fraction of sp³-hybridized carbons (Fsp3) is 0.677. The lowest BCUT2D eigenvalue weighted by molar-refractivity contribution is -0.201. The van der Waals surface area contributed by atoms with E-state index in [4.69, 9.17) is 4.74 Å². The van der Waals surface area contributed by atoms with E-state index in [1.165, 1.54) is 37.0 Å². The van der Waals surface area contributed by atoms with Gasteiger partial charge in [0.15, 0.2) is 11.5 Å². The van der Waals surface area contributed by atoms with Crippen LogP contribution >= 0.6 is 0 Å². The number of aliphatic hydroxyl groups is 1. The van der Waals surface area contributed by atoms with Crippen LogP contribution in [0, 0.1) is 11.8 Å². The van der Waals surface area contributed by atoms with Gasteiger partial charge >= 0.3 is 0 Å². The van der Waals surface area contributed by atoms with Crippen molar-refractivity contribution in [3.05, 3.63) is 34.9 Å². The predicted molar refractivity (Wildman–Crippen MR) is 140 cm³/mol. The number of benzene rings is 1. The fourth-order valence-electron chi connectivity index (χ4n) is 9.36. The van der Waals surface area contributed by atoms with Gasteiger partial charge in [0.1, 0.15) is 6.10 Å². The van der Waals surface area contributed by atoms with Crippen LogP contribution in [0.4, 0.5) is 0 Å². The van der Waals surface area contributed by atoms with E-state index < -0.39 is 23.2 Å². The maximum Gasteiger partial charge on any atom is 0.256 e. The first-order valence-corrected chi connectivity index (χ1v) is 15.0. The number of hydrogen-bond acceptors (Lipinski definition) is 6. The van der Waals surface area contributed by atoms with Gasteiger partial charge in [-0.15, -0.1) is 0 Å². The van der Waals surface area contributed by atoms with Crippen LogP contribution in [-0.4, -0.2) is 68.7 Å². The molecule has 5 fully saturated rings. The molecule has 7 aliphatic rings. The Balaban J connectivity index is 1.19. The Labute approximate surface area is 223 Å². The molecule has 202 valence electrons. The van der Waals surface area contributed by atoms with Gasteiger partial charge in [0.2, 0.25) is 5.91 Å². The number of phenolic OH excluding ortho intramolecular Hbond substituents is 1. The summed E-state index contributed by atoms with van der Waals surface area (Å²) in [4.78, 5) is 31.2. The van der Waals surface area contributed by atoms with E-state index in [2.05, 4.69) is 11.0 Å². The molecule has 2 N–H and O–H groups in total. The normalized spacial score (nSPS) is 39.6. The second-order valence-corrected chi connectivity index (χ2v) is 13.2. The van der Waals surface area contributed by atoms with Gasteiger partial charge in [-0.2, -0.15) is 0 Å². The lowest BCUT2D eigenvalue weighted by Gasteiger charge is -2.64. The number of imide groups is 1. The number of hydrogen-bond donors (Lipinski definition) is 2. The number of carbonyl (C=O) groups excluding carboxylic acids is 2. The van der Waals surface area contributed by atoms with E-state index in [-0.39, 0.29) is 30.0 Å². The van der Waals surface area contributed by atoms with Crippen molar-refractivity contribution in [2.24, 2.45) is 11.8 Å². The molecule has 3 saturated carbocycles. The average Bonchev–Trinajstić information content (AvgIpc) is 3.59. The highest BCUT2D eigenvalue weighted by atomic mass is 16.5. The first-order chi connectivity index (χ1) is 18.4. The third-order valence-electron chi connectivity index (χ3n) is 11.3. The lowest BCUT2D eigenvalue weighted by Crippen LogP contribution is -2.78. The van der Waals surface area contributed by atoms with Crippen LogP contribution in [0.2, 0.25) is 0 Å². The third-order valence-corrected chi connectivity index (χ3v) is 11.3. The number of allylic oxidation sites excluding steroid dienone is 1. The van der Waals surface area contributed by atoms with E-state index in [0.717, 1.165) is 49.4 Å². The molecule has 38 heavy (non-hydrogen) atoms. The second-order valence-electron chi connectivity index (χ2n) is 13.2. The molecule has 0 radical (unpaired) electrons. The first-order valence-electron chi connectivity index (χ1n) is 15.0. The SMILES string of the molecule is O=C1C/C(=C\C2CCCCC2)C(=O)N1[C@@H]1CC[C@@]2(O)[C@H]3Cc4ccc(O)c5c4[C@@]2(CCN3CC2CC2)[C@H]1O5. The summed E-state index contributed by atoms with van der Waals surface area (Å²) < 4.78 is 6.62. The van der Waals surface area contributed by atoms with Crippen LogP contribution in [0.3, 0.4) is 0 Å². The minimum absolute atomic E-state index is 0.0152. The Morgan fingerprint density at radius 1 is 1.05 bits per heavy atom. The Morgan fingerprint density at radius 2 is 1.87 bits per heavy atom. The van der Waals surface area contributed by atoms with Crippen molar-refractivity contribution in [2.45, 2.75) is 106 Å². The second kappa shape index (κ2) is 8.07. The first kappa shape index (κ1) is 23.5. The van der Waals surface area contributed by atoms with Crippen molar-refractivity contribution in [1.29, 1.82) is 0 Å². The van der Waals surface area contributed by atoms with Crippen LogP contribution in [0.5, 0.6) is 11.5 Å². The average molecular weight is 519 g/mol. The van der Waals surface area contributed by atoms with Gasteiger partial charge in [0.05, 0.1) is 23.5 Å². The zero-order chi connectivity index (χ0) is 25.8. The van der Waals surface area contributed by atoms with E-state index in [0.29, 0.717) is 36.5 Å². The number of aromatic hydroxyl groups is 1. The predicted octanol–water partition coefficient (Wildman–Crippen LogP) is 3.59. The van der Waals surface area contributed by atoms with E-state index in [9.17, 15) is 19.8 Å². The molecular formula is C31H38N2O5. The van der Waals surface area contributed by atoms with Gasteiger partial charge in [0, 0.05) is 23.7 Å². The minimum Gasteiger partial charge on any atom is -0.504 e.